The molecule has 0 radical (unpaired) electrons. The first-order valence-corrected chi connectivity index (χ1v) is 10.8. The summed E-state index contributed by atoms with van der Waals surface area (Å²) in [6, 6.07) is 19.9. The number of nitrogens with one attached hydrogen (secondary N) is 1. The van der Waals surface area contributed by atoms with Crippen molar-refractivity contribution in [3.8, 4) is 39.5 Å². The van der Waals surface area contributed by atoms with Crippen molar-refractivity contribution in [2.24, 2.45) is 0 Å². The van der Waals surface area contributed by atoms with Gasteiger partial charge in [-0.15, -0.1) is 5.10 Å². The van der Waals surface area contributed by atoms with Gasteiger partial charge in [-0.2, -0.15) is 13.2 Å². The molecule has 0 saturated heterocycles. The van der Waals surface area contributed by atoms with Crippen LogP contribution in [0.1, 0.15) is 11.1 Å². The van der Waals surface area contributed by atoms with Gasteiger partial charge in [-0.1, -0.05) is 48.5 Å². The van der Waals surface area contributed by atoms with Crippen molar-refractivity contribution in [2.45, 2.75) is 12.8 Å². The summed E-state index contributed by atoms with van der Waals surface area (Å²) in [5.41, 5.74) is 1.83. The smallest absolute Gasteiger partial charge is 0.417 e. The van der Waals surface area contributed by atoms with Gasteiger partial charge >= 0.3 is 6.18 Å². The maximum absolute atomic E-state index is 14.1. The van der Waals surface area contributed by atoms with E-state index in [9.17, 15) is 17.6 Å². The van der Waals surface area contributed by atoms with Crippen molar-refractivity contribution in [3.05, 3.63) is 102 Å². The number of aromatic amines is 1. The average molecular weight is 491 g/mol. The zero-order chi connectivity index (χ0) is 25.1. The van der Waals surface area contributed by atoms with Gasteiger partial charge in [0.15, 0.2) is 5.82 Å². The van der Waals surface area contributed by atoms with Crippen molar-refractivity contribution in [1.29, 1.82) is 0 Å². The second-order valence-corrected chi connectivity index (χ2v) is 7.85. The summed E-state index contributed by atoms with van der Waals surface area (Å²) in [7, 11) is 0. The molecule has 0 fully saturated rings. The minimum atomic E-state index is -4.67. The quantitative estimate of drug-likeness (QED) is 0.281. The standard InChI is InChI=1S/C26H17F4N5O/c27-23-4-2-1-3-21(23)20-11-10-19(13-22(20)26(28,29)30)36-15-16-5-7-17(8-6-16)18-9-12-24(31-14-18)25-32-34-35-33-25/h1-14H,15H2,(H,32,33,34,35). The fourth-order valence-electron chi connectivity index (χ4n) is 3.69. The van der Waals surface area contributed by atoms with Gasteiger partial charge in [0.1, 0.15) is 23.9 Å². The Balaban J connectivity index is 1.30. The summed E-state index contributed by atoms with van der Waals surface area (Å²) in [5, 5.41) is 13.5. The lowest BCUT2D eigenvalue weighted by Gasteiger charge is -2.16. The van der Waals surface area contributed by atoms with Crippen LogP contribution in [-0.4, -0.2) is 25.6 Å². The molecule has 0 atom stereocenters. The Labute approximate surface area is 202 Å². The van der Waals surface area contributed by atoms with Gasteiger partial charge in [-0.3, -0.25) is 4.98 Å². The molecule has 0 spiro atoms. The number of aromatic nitrogens is 5. The molecule has 6 nitrogen and oxygen atoms in total. The first-order chi connectivity index (χ1) is 17.4. The molecule has 10 heteroatoms. The second kappa shape index (κ2) is 9.57. The highest BCUT2D eigenvalue weighted by molar-refractivity contribution is 5.70. The number of hydrogen-bond donors (Lipinski definition) is 1. The van der Waals surface area contributed by atoms with Crippen LogP contribution < -0.4 is 4.74 Å². The highest BCUT2D eigenvalue weighted by Gasteiger charge is 2.34. The molecule has 3 aromatic carbocycles. The molecule has 5 rings (SSSR count). The van der Waals surface area contributed by atoms with Crippen LogP contribution in [0.4, 0.5) is 17.6 Å². The number of halogens is 4. The van der Waals surface area contributed by atoms with Crippen molar-refractivity contribution < 1.29 is 22.3 Å². The molecule has 0 amide bonds. The molecule has 0 unspecified atom stereocenters. The third-order valence-electron chi connectivity index (χ3n) is 5.50. The summed E-state index contributed by atoms with van der Waals surface area (Å²) in [6.45, 7) is 0.0618. The van der Waals surface area contributed by atoms with Crippen molar-refractivity contribution >= 4 is 0 Å². The fourth-order valence-corrected chi connectivity index (χ4v) is 3.69. The van der Waals surface area contributed by atoms with Gasteiger partial charge in [0.25, 0.3) is 0 Å². The number of tetrazole rings is 1. The van der Waals surface area contributed by atoms with Crippen LogP contribution in [0.2, 0.25) is 0 Å². The van der Waals surface area contributed by atoms with Crippen LogP contribution in [0, 0.1) is 5.82 Å². The van der Waals surface area contributed by atoms with Gasteiger partial charge < -0.3 is 4.74 Å². The molecule has 0 aliphatic rings. The first-order valence-electron chi connectivity index (χ1n) is 10.8. The highest BCUT2D eigenvalue weighted by Crippen LogP contribution is 2.40. The van der Waals surface area contributed by atoms with Crippen LogP contribution in [0.15, 0.2) is 85.1 Å². The number of benzene rings is 3. The Morgan fingerprint density at radius 2 is 1.61 bits per heavy atom. The molecule has 2 heterocycles. The van der Waals surface area contributed by atoms with Crippen LogP contribution in [-0.2, 0) is 12.8 Å². The maximum atomic E-state index is 14.1. The third-order valence-corrected chi connectivity index (χ3v) is 5.50. The van der Waals surface area contributed by atoms with E-state index in [2.05, 4.69) is 25.6 Å². The normalized spacial score (nSPS) is 11.4. The van der Waals surface area contributed by atoms with E-state index in [1.54, 1.807) is 12.3 Å². The Morgan fingerprint density at radius 1 is 0.833 bits per heavy atom. The van der Waals surface area contributed by atoms with Gasteiger partial charge in [0.05, 0.1) is 5.56 Å². The van der Waals surface area contributed by atoms with E-state index >= 15 is 0 Å². The summed E-state index contributed by atoms with van der Waals surface area (Å²) < 4.78 is 60.9. The molecule has 5 aromatic rings. The molecule has 2 aromatic heterocycles. The summed E-state index contributed by atoms with van der Waals surface area (Å²) in [5.74, 6) is -0.227. The lowest BCUT2D eigenvalue weighted by molar-refractivity contribution is -0.137. The molecule has 0 saturated carbocycles. The number of H-pyrrole nitrogens is 1. The Bertz CT molecular complexity index is 1470. The van der Waals surface area contributed by atoms with Gasteiger partial charge in [-0.25, -0.2) is 9.49 Å². The van der Waals surface area contributed by atoms with Crippen molar-refractivity contribution in [3.63, 3.8) is 0 Å². The number of pyridine rings is 1. The molecular formula is C26H17F4N5O. The Kier molecular flexibility index (Phi) is 6.16. The zero-order valence-corrected chi connectivity index (χ0v) is 18.5. The number of hydrogen-bond acceptors (Lipinski definition) is 5. The number of ether oxygens (including phenoxy) is 1. The van der Waals surface area contributed by atoms with E-state index in [1.165, 1.54) is 30.3 Å². The molecule has 36 heavy (non-hydrogen) atoms. The minimum absolute atomic E-state index is 0.0354. The topological polar surface area (TPSA) is 76.6 Å². The monoisotopic (exact) mass is 491 g/mol. The molecular weight excluding hydrogens is 474 g/mol. The third kappa shape index (κ3) is 4.92. The van der Waals surface area contributed by atoms with E-state index in [-0.39, 0.29) is 23.5 Å². The van der Waals surface area contributed by atoms with Gasteiger partial charge in [0, 0.05) is 17.3 Å². The van der Waals surface area contributed by atoms with E-state index in [1.807, 2.05) is 30.3 Å². The second-order valence-electron chi connectivity index (χ2n) is 7.85. The lowest BCUT2D eigenvalue weighted by atomic mass is 9.98. The Hall–Kier alpha value is -4.60. The van der Waals surface area contributed by atoms with Gasteiger partial charge in [0.2, 0.25) is 0 Å². The maximum Gasteiger partial charge on any atom is 0.417 e. The van der Waals surface area contributed by atoms with Crippen molar-refractivity contribution in [2.75, 3.05) is 0 Å². The van der Waals surface area contributed by atoms with Crippen LogP contribution >= 0.6 is 0 Å². The number of nitrogens with zero attached hydrogens (tertiary/aromatic N) is 4. The first kappa shape index (κ1) is 23.2. The minimum Gasteiger partial charge on any atom is -0.489 e. The van der Waals surface area contributed by atoms with Crippen LogP contribution in [0.5, 0.6) is 5.75 Å². The van der Waals surface area contributed by atoms with Crippen LogP contribution in [0.25, 0.3) is 33.8 Å². The highest BCUT2D eigenvalue weighted by atomic mass is 19.4. The number of rotatable bonds is 6. The van der Waals surface area contributed by atoms with E-state index in [0.29, 0.717) is 11.5 Å². The van der Waals surface area contributed by atoms with E-state index in [0.717, 1.165) is 28.8 Å². The molecule has 0 bridgehead atoms. The summed E-state index contributed by atoms with van der Waals surface area (Å²) in [6.07, 6.45) is -2.98. The predicted octanol–water partition coefficient (Wildman–Crippen LogP) is 6.33. The predicted molar refractivity (Wildman–Crippen MR) is 124 cm³/mol. The Morgan fingerprint density at radius 3 is 2.28 bits per heavy atom. The summed E-state index contributed by atoms with van der Waals surface area (Å²) in [4.78, 5) is 4.34. The lowest BCUT2D eigenvalue weighted by Crippen LogP contribution is -2.08. The molecule has 0 aliphatic heterocycles. The fraction of sp³-hybridized carbons (Fsp3) is 0.0769. The zero-order valence-electron chi connectivity index (χ0n) is 18.5. The van der Waals surface area contributed by atoms with Crippen LogP contribution in [0.3, 0.4) is 0 Å². The summed E-state index contributed by atoms with van der Waals surface area (Å²) >= 11 is 0. The van der Waals surface area contributed by atoms with Gasteiger partial charge in [-0.05, 0) is 57.4 Å². The molecule has 0 aliphatic carbocycles. The molecule has 180 valence electrons. The van der Waals surface area contributed by atoms with E-state index < -0.39 is 17.6 Å². The largest absolute Gasteiger partial charge is 0.489 e. The van der Waals surface area contributed by atoms with Crippen molar-refractivity contribution in [1.82, 2.24) is 25.6 Å². The SMILES string of the molecule is Fc1ccccc1-c1ccc(OCc2ccc(-c3ccc(-c4nnn[nH]4)nc3)cc2)cc1C(F)(F)F. The average Bonchev–Trinajstić information content (AvgIpc) is 3.43. The molecule has 1 N–H and O–H groups in total. The van der Waals surface area contributed by atoms with E-state index in [4.69, 9.17) is 4.74 Å². The number of alkyl halides is 3.